The third-order valence-corrected chi connectivity index (χ3v) is 1.54. The Kier molecular flexibility index (Phi) is 5.16. The molecule has 0 bridgehead atoms. The lowest BCUT2D eigenvalue weighted by molar-refractivity contribution is 0.0976. The molecule has 74 valence electrons. The molecular formula is C8H8FN3OS. The minimum Gasteiger partial charge on any atom is -0.290 e. The van der Waals surface area contributed by atoms with Gasteiger partial charge in [-0.15, -0.1) is 4.36 Å². The fraction of sp³-hybridized carbons (Fsp3) is 0. The van der Waals surface area contributed by atoms with Gasteiger partial charge in [-0.05, 0) is 12.1 Å². The van der Waals surface area contributed by atoms with Crippen LogP contribution in [0.4, 0.5) is 4.70 Å². The van der Waals surface area contributed by atoms with E-state index in [0.29, 0.717) is 5.56 Å². The predicted octanol–water partition coefficient (Wildman–Crippen LogP) is 1.23. The van der Waals surface area contributed by atoms with Crippen molar-refractivity contribution in [2.24, 2.45) is 4.36 Å². The Bertz CT molecular complexity index is 342. The van der Waals surface area contributed by atoms with E-state index in [1.54, 1.807) is 30.3 Å². The lowest BCUT2D eigenvalue weighted by Gasteiger charge is -2.00. The number of nitrogens with one attached hydrogen (secondary N) is 2. The van der Waals surface area contributed by atoms with Crippen LogP contribution in [0.15, 0.2) is 34.7 Å². The second-order valence-electron chi connectivity index (χ2n) is 2.26. The Hall–Kier alpha value is -1.69. The summed E-state index contributed by atoms with van der Waals surface area (Å²) in [5.74, 6) is -0.692. The SMILES string of the molecule is F.N=C(N=S)NC(=O)c1ccccc1. The third-order valence-electron chi connectivity index (χ3n) is 1.36. The molecule has 6 heteroatoms. The predicted molar refractivity (Wildman–Crippen MR) is 53.9 cm³/mol. The van der Waals surface area contributed by atoms with Crippen molar-refractivity contribution in [3.8, 4) is 0 Å². The lowest BCUT2D eigenvalue weighted by Crippen LogP contribution is -2.27. The van der Waals surface area contributed by atoms with Gasteiger partial charge in [-0.25, -0.2) is 0 Å². The highest BCUT2D eigenvalue weighted by Crippen LogP contribution is 1.97. The molecule has 0 saturated carbocycles. The minimum atomic E-state index is -0.376. The molecule has 1 aromatic carbocycles. The van der Waals surface area contributed by atoms with Crippen LogP contribution in [0.2, 0.25) is 0 Å². The fourth-order valence-electron chi connectivity index (χ4n) is 0.792. The van der Waals surface area contributed by atoms with Crippen LogP contribution in [0.3, 0.4) is 0 Å². The Labute approximate surface area is 85.4 Å². The van der Waals surface area contributed by atoms with E-state index in [2.05, 4.69) is 22.1 Å². The molecule has 1 rings (SSSR count). The largest absolute Gasteiger partial charge is 0.290 e. The van der Waals surface area contributed by atoms with Gasteiger partial charge in [0.1, 0.15) is 0 Å². The average Bonchev–Trinajstić information content (AvgIpc) is 2.19. The standard InChI is InChI=1S/C8H7N3OS.FH/c9-8(11-13)10-7(12)6-4-2-1-3-5-6;/h1-5H,(H2,9,10,12);1H. The number of rotatable bonds is 1. The number of hydrogen-bond acceptors (Lipinski definition) is 3. The van der Waals surface area contributed by atoms with Crippen LogP contribution >= 0.6 is 0 Å². The van der Waals surface area contributed by atoms with Gasteiger partial charge >= 0.3 is 0 Å². The Morgan fingerprint density at radius 2 is 1.93 bits per heavy atom. The van der Waals surface area contributed by atoms with Gasteiger partial charge in [-0.3, -0.25) is 20.2 Å². The fourth-order valence-corrected chi connectivity index (χ4v) is 0.838. The van der Waals surface area contributed by atoms with E-state index >= 15 is 0 Å². The zero-order valence-electron chi connectivity index (χ0n) is 7.06. The number of halogens is 1. The summed E-state index contributed by atoms with van der Waals surface area (Å²) in [5.41, 5.74) is 0.478. The molecule has 0 aliphatic rings. The highest BCUT2D eigenvalue weighted by atomic mass is 32.1. The first-order valence-corrected chi connectivity index (χ1v) is 3.89. The first-order chi connectivity index (χ1) is 6.24. The molecule has 2 N–H and O–H groups in total. The van der Waals surface area contributed by atoms with E-state index in [4.69, 9.17) is 5.41 Å². The van der Waals surface area contributed by atoms with Crippen molar-refractivity contribution < 1.29 is 9.50 Å². The van der Waals surface area contributed by atoms with E-state index in [0.717, 1.165) is 0 Å². The first-order valence-electron chi connectivity index (χ1n) is 3.52. The molecule has 0 aliphatic heterocycles. The topological polar surface area (TPSA) is 65.3 Å². The molecular weight excluding hydrogens is 205 g/mol. The van der Waals surface area contributed by atoms with Gasteiger partial charge in [0.05, 0.1) is 0 Å². The smallest absolute Gasteiger partial charge is 0.258 e. The summed E-state index contributed by atoms with van der Waals surface area (Å²) in [4.78, 5) is 11.3. The first kappa shape index (κ1) is 12.3. The highest BCUT2D eigenvalue weighted by molar-refractivity contribution is 7.47. The molecule has 0 saturated heterocycles. The molecule has 0 heterocycles. The van der Waals surface area contributed by atoms with Gasteiger partial charge < -0.3 is 0 Å². The molecule has 0 radical (unpaired) electrons. The summed E-state index contributed by atoms with van der Waals surface area (Å²) in [6.07, 6.45) is 0. The van der Waals surface area contributed by atoms with Crippen molar-refractivity contribution in [1.29, 1.82) is 5.41 Å². The van der Waals surface area contributed by atoms with Crippen LogP contribution < -0.4 is 5.32 Å². The van der Waals surface area contributed by atoms with E-state index in [1.165, 1.54) is 0 Å². The zero-order chi connectivity index (χ0) is 9.68. The van der Waals surface area contributed by atoms with Crippen LogP contribution in [0.25, 0.3) is 0 Å². The van der Waals surface area contributed by atoms with Crippen molar-refractivity contribution in [3.05, 3.63) is 35.9 Å². The van der Waals surface area contributed by atoms with Crippen LogP contribution in [-0.4, -0.2) is 11.9 Å². The summed E-state index contributed by atoms with van der Waals surface area (Å²) in [6.45, 7) is 0. The summed E-state index contributed by atoms with van der Waals surface area (Å²) in [6, 6.07) is 8.57. The third kappa shape index (κ3) is 3.36. The Balaban J connectivity index is 0.00000169. The number of carbonyl (C=O) groups excluding carboxylic acids is 1. The van der Waals surface area contributed by atoms with Crippen molar-refractivity contribution >= 4 is 24.3 Å². The number of carbonyl (C=O) groups is 1. The molecule has 1 amide bonds. The van der Waals surface area contributed by atoms with Gasteiger partial charge in [0, 0.05) is 18.0 Å². The van der Waals surface area contributed by atoms with Gasteiger partial charge in [-0.1, -0.05) is 18.2 Å². The molecule has 0 unspecified atom stereocenters. The number of amides is 1. The molecule has 4 nitrogen and oxygen atoms in total. The summed E-state index contributed by atoms with van der Waals surface area (Å²) in [5, 5.41) is 9.23. The molecule has 0 aromatic heterocycles. The second kappa shape index (κ2) is 5.87. The minimum absolute atomic E-state index is 0. The molecule has 0 atom stereocenters. The summed E-state index contributed by atoms with van der Waals surface area (Å²) < 4.78 is 3.09. The van der Waals surface area contributed by atoms with E-state index in [1.807, 2.05) is 0 Å². The van der Waals surface area contributed by atoms with Crippen LogP contribution in [0.1, 0.15) is 10.4 Å². The van der Waals surface area contributed by atoms with Gasteiger partial charge in [-0.2, -0.15) is 0 Å². The quantitative estimate of drug-likeness (QED) is 0.544. The zero-order valence-corrected chi connectivity index (χ0v) is 7.88. The Morgan fingerprint density at radius 1 is 1.36 bits per heavy atom. The summed E-state index contributed by atoms with van der Waals surface area (Å²) >= 11 is 4.23. The average molecular weight is 213 g/mol. The second-order valence-corrected chi connectivity index (χ2v) is 2.44. The Morgan fingerprint density at radius 3 is 2.43 bits per heavy atom. The van der Waals surface area contributed by atoms with Gasteiger partial charge in [0.2, 0.25) is 5.96 Å². The van der Waals surface area contributed by atoms with Crippen molar-refractivity contribution in [2.45, 2.75) is 0 Å². The summed E-state index contributed by atoms with van der Waals surface area (Å²) in [7, 11) is 0. The molecule has 0 spiro atoms. The van der Waals surface area contributed by atoms with E-state index in [9.17, 15) is 4.79 Å². The normalized spacial score (nSPS) is 8.29. The van der Waals surface area contributed by atoms with Crippen molar-refractivity contribution in [3.63, 3.8) is 0 Å². The number of hydrogen-bond donors (Lipinski definition) is 2. The van der Waals surface area contributed by atoms with Crippen molar-refractivity contribution in [1.82, 2.24) is 5.32 Å². The maximum atomic E-state index is 11.3. The van der Waals surface area contributed by atoms with E-state index < -0.39 is 0 Å². The van der Waals surface area contributed by atoms with Crippen LogP contribution in [0.5, 0.6) is 0 Å². The van der Waals surface area contributed by atoms with Crippen LogP contribution in [0, 0.1) is 5.41 Å². The molecule has 14 heavy (non-hydrogen) atoms. The molecule has 0 fully saturated rings. The number of guanidine groups is 1. The molecule has 1 aromatic rings. The van der Waals surface area contributed by atoms with E-state index in [-0.39, 0.29) is 16.6 Å². The maximum absolute atomic E-state index is 11.3. The van der Waals surface area contributed by atoms with Gasteiger partial charge in [0.15, 0.2) is 0 Å². The monoisotopic (exact) mass is 213 g/mol. The number of benzene rings is 1. The van der Waals surface area contributed by atoms with Crippen LogP contribution in [-0.2, 0) is 12.4 Å². The number of nitrogens with zero attached hydrogens (tertiary/aromatic N) is 1. The highest BCUT2D eigenvalue weighted by Gasteiger charge is 2.04. The van der Waals surface area contributed by atoms with Gasteiger partial charge in [0.25, 0.3) is 5.91 Å². The molecule has 0 aliphatic carbocycles. The lowest BCUT2D eigenvalue weighted by atomic mass is 10.2. The maximum Gasteiger partial charge on any atom is 0.258 e. The van der Waals surface area contributed by atoms with Crippen molar-refractivity contribution in [2.75, 3.05) is 0 Å².